The van der Waals surface area contributed by atoms with Gasteiger partial charge in [0.05, 0.1) is 15.1 Å². The number of carbonyl (C=O) groups is 1. The Bertz CT molecular complexity index is 1760. The second kappa shape index (κ2) is 10.9. The number of sulfonamides is 1. The standard InChI is InChI=1S/C31H29N3O3S3/c1-20-12-17-24-27(18-20)39-31(28(24)30-32-25-10-6-7-11-26(25)38-30)33-29(35)22-13-15-23(16-14-22)40(36,37)34(2)19-21-8-4-3-5-9-21/h3-11,13-16,20H,12,17-19H2,1-2H3,(H,33,35). The Kier molecular flexibility index (Phi) is 7.31. The Morgan fingerprint density at radius 1 is 1.00 bits per heavy atom. The van der Waals surface area contributed by atoms with Gasteiger partial charge in [-0.05, 0) is 72.7 Å². The Labute approximate surface area is 242 Å². The first-order valence-corrected chi connectivity index (χ1v) is 16.3. The van der Waals surface area contributed by atoms with Gasteiger partial charge in [-0.3, -0.25) is 4.79 Å². The van der Waals surface area contributed by atoms with Crippen molar-refractivity contribution < 1.29 is 13.2 Å². The molecule has 0 bridgehead atoms. The summed E-state index contributed by atoms with van der Waals surface area (Å²) in [5, 5.41) is 4.87. The molecule has 40 heavy (non-hydrogen) atoms. The molecule has 1 aliphatic carbocycles. The van der Waals surface area contributed by atoms with E-state index < -0.39 is 10.0 Å². The van der Waals surface area contributed by atoms with E-state index in [0.29, 0.717) is 11.5 Å². The molecule has 1 unspecified atom stereocenters. The third-order valence-electron chi connectivity index (χ3n) is 7.32. The average Bonchev–Trinajstić information content (AvgIpc) is 3.53. The Hall–Kier alpha value is -3.37. The zero-order valence-corrected chi connectivity index (χ0v) is 24.7. The SMILES string of the molecule is CC1CCc2c(sc(NC(=O)c3ccc(S(=O)(=O)N(C)Cc4ccccc4)cc3)c2-c2nc3ccccc3s2)C1. The molecular weight excluding hydrogens is 559 g/mol. The number of aromatic nitrogens is 1. The van der Waals surface area contributed by atoms with Crippen LogP contribution >= 0.6 is 22.7 Å². The molecule has 0 radical (unpaired) electrons. The first-order chi connectivity index (χ1) is 19.3. The van der Waals surface area contributed by atoms with Crippen molar-refractivity contribution in [2.45, 2.75) is 37.6 Å². The lowest BCUT2D eigenvalue weighted by Gasteiger charge is -2.18. The Balaban J connectivity index is 1.26. The van der Waals surface area contributed by atoms with E-state index in [1.54, 1.807) is 41.9 Å². The first kappa shape index (κ1) is 26.8. The van der Waals surface area contributed by atoms with Crippen LogP contribution in [0.15, 0.2) is 83.8 Å². The van der Waals surface area contributed by atoms with Gasteiger partial charge in [-0.2, -0.15) is 4.31 Å². The van der Waals surface area contributed by atoms with E-state index in [9.17, 15) is 13.2 Å². The van der Waals surface area contributed by atoms with E-state index in [1.165, 1.54) is 26.9 Å². The summed E-state index contributed by atoms with van der Waals surface area (Å²) in [5.74, 6) is 0.336. The van der Waals surface area contributed by atoms with Crippen molar-refractivity contribution in [1.29, 1.82) is 0 Å². The number of hydrogen-bond acceptors (Lipinski definition) is 6. The van der Waals surface area contributed by atoms with Gasteiger partial charge in [-0.1, -0.05) is 49.4 Å². The summed E-state index contributed by atoms with van der Waals surface area (Å²) in [6, 6.07) is 23.7. The monoisotopic (exact) mass is 587 g/mol. The van der Waals surface area contributed by atoms with E-state index >= 15 is 0 Å². The summed E-state index contributed by atoms with van der Waals surface area (Å²) < 4.78 is 28.7. The van der Waals surface area contributed by atoms with Gasteiger partial charge in [0, 0.05) is 29.6 Å². The number of carbonyl (C=O) groups excluding carboxylic acids is 1. The fourth-order valence-electron chi connectivity index (χ4n) is 5.10. The molecule has 0 saturated heterocycles. The summed E-state index contributed by atoms with van der Waals surface area (Å²) in [6.07, 6.45) is 3.08. The summed E-state index contributed by atoms with van der Waals surface area (Å²) >= 11 is 3.28. The minimum absolute atomic E-state index is 0.151. The lowest BCUT2D eigenvalue weighted by atomic mass is 9.88. The number of para-hydroxylation sites is 1. The highest BCUT2D eigenvalue weighted by Gasteiger charge is 2.28. The molecule has 0 saturated carbocycles. The molecule has 1 aliphatic rings. The van der Waals surface area contributed by atoms with Crippen LogP contribution in [0.2, 0.25) is 0 Å². The Morgan fingerprint density at radius 3 is 2.48 bits per heavy atom. The van der Waals surface area contributed by atoms with Crippen molar-refractivity contribution in [3.05, 3.63) is 100 Å². The van der Waals surface area contributed by atoms with E-state index in [-0.39, 0.29) is 17.3 Å². The largest absolute Gasteiger partial charge is 0.313 e. The predicted molar refractivity (Wildman–Crippen MR) is 164 cm³/mol. The lowest BCUT2D eigenvalue weighted by Crippen LogP contribution is -2.26. The maximum atomic E-state index is 13.4. The lowest BCUT2D eigenvalue weighted by molar-refractivity contribution is 0.102. The molecule has 5 aromatic rings. The minimum Gasteiger partial charge on any atom is -0.313 e. The van der Waals surface area contributed by atoms with Gasteiger partial charge in [0.15, 0.2) is 0 Å². The van der Waals surface area contributed by atoms with Crippen molar-refractivity contribution >= 4 is 53.8 Å². The average molecular weight is 588 g/mol. The number of benzene rings is 3. The number of thiophene rings is 1. The highest BCUT2D eigenvalue weighted by molar-refractivity contribution is 7.89. The smallest absolute Gasteiger partial charge is 0.256 e. The van der Waals surface area contributed by atoms with Crippen molar-refractivity contribution in [2.75, 3.05) is 12.4 Å². The van der Waals surface area contributed by atoms with Crippen molar-refractivity contribution in [3.63, 3.8) is 0 Å². The fraction of sp³-hybridized carbons (Fsp3) is 0.226. The highest BCUT2D eigenvalue weighted by atomic mass is 32.2. The van der Waals surface area contributed by atoms with E-state index in [2.05, 4.69) is 18.3 Å². The number of fused-ring (bicyclic) bond motifs is 2. The molecule has 0 aliphatic heterocycles. The van der Waals surface area contributed by atoms with Crippen molar-refractivity contribution in [1.82, 2.24) is 9.29 Å². The molecule has 1 atom stereocenters. The minimum atomic E-state index is -3.70. The van der Waals surface area contributed by atoms with Crippen LogP contribution in [0.5, 0.6) is 0 Å². The molecule has 6 nitrogen and oxygen atoms in total. The summed E-state index contributed by atoms with van der Waals surface area (Å²) in [4.78, 5) is 19.8. The molecule has 0 spiro atoms. The van der Waals surface area contributed by atoms with Crippen LogP contribution in [0.1, 0.15) is 39.7 Å². The summed E-state index contributed by atoms with van der Waals surface area (Å²) in [5.41, 5.74) is 4.59. The second-order valence-electron chi connectivity index (χ2n) is 10.3. The molecule has 2 aromatic heterocycles. The molecular formula is C31H29N3O3S3. The number of amides is 1. The number of nitrogens with one attached hydrogen (secondary N) is 1. The molecule has 0 fully saturated rings. The van der Waals surface area contributed by atoms with E-state index in [4.69, 9.17) is 4.98 Å². The van der Waals surface area contributed by atoms with Gasteiger partial charge in [-0.25, -0.2) is 13.4 Å². The van der Waals surface area contributed by atoms with Gasteiger partial charge in [0.1, 0.15) is 10.0 Å². The topological polar surface area (TPSA) is 79.4 Å². The van der Waals surface area contributed by atoms with Crippen LogP contribution < -0.4 is 5.32 Å². The molecule has 6 rings (SSSR count). The molecule has 1 amide bonds. The molecule has 3 aromatic carbocycles. The van der Waals surface area contributed by atoms with Crippen LogP contribution in [0.4, 0.5) is 5.00 Å². The number of anilines is 1. The van der Waals surface area contributed by atoms with Crippen molar-refractivity contribution in [2.24, 2.45) is 5.92 Å². The maximum Gasteiger partial charge on any atom is 0.256 e. The van der Waals surface area contributed by atoms with Gasteiger partial charge < -0.3 is 5.32 Å². The third-order valence-corrected chi connectivity index (χ3v) is 11.4. The van der Waals surface area contributed by atoms with Crippen LogP contribution in [0.3, 0.4) is 0 Å². The number of nitrogens with zero attached hydrogens (tertiary/aromatic N) is 2. The van der Waals surface area contributed by atoms with E-state index in [0.717, 1.165) is 50.6 Å². The molecule has 2 heterocycles. The fourth-order valence-corrected chi connectivity index (χ4v) is 8.78. The van der Waals surface area contributed by atoms with Gasteiger partial charge in [0.2, 0.25) is 10.0 Å². The quantitative estimate of drug-likeness (QED) is 0.218. The van der Waals surface area contributed by atoms with Crippen LogP contribution in [-0.2, 0) is 29.4 Å². The van der Waals surface area contributed by atoms with Crippen LogP contribution in [0, 0.1) is 5.92 Å². The zero-order valence-electron chi connectivity index (χ0n) is 22.3. The first-order valence-electron chi connectivity index (χ1n) is 13.2. The normalized spacial score (nSPS) is 15.3. The summed E-state index contributed by atoms with van der Waals surface area (Å²) in [6.45, 7) is 2.53. The number of thiazole rings is 1. The zero-order chi connectivity index (χ0) is 27.9. The highest BCUT2D eigenvalue weighted by Crippen LogP contribution is 2.47. The van der Waals surface area contributed by atoms with Gasteiger partial charge in [0.25, 0.3) is 5.91 Å². The van der Waals surface area contributed by atoms with E-state index in [1.807, 2.05) is 48.5 Å². The van der Waals surface area contributed by atoms with Crippen molar-refractivity contribution in [3.8, 4) is 10.6 Å². The predicted octanol–water partition coefficient (Wildman–Crippen LogP) is 7.22. The van der Waals surface area contributed by atoms with Crippen LogP contribution in [0.25, 0.3) is 20.8 Å². The van der Waals surface area contributed by atoms with Gasteiger partial charge >= 0.3 is 0 Å². The second-order valence-corrected chi connectivity index (χ2v) is 14.4. The molecule has 9 heteroatoms. The maximum absolute atomic E-state index is 13.4. The number of rotatable bonds is 7. The third kappa shape index (κ3) is 5.22. The summed E-state index contributed by atoms with van der Waals surface area (Å²) in [7, 11) is -2.14. The molecule has 1 N–H and O–H groups in total. The number of hydrogen-bond donors (Lipinski definition) is 1. The van der Waals surface area contributed by atoms with Crippen LogP contribution in [-0.4, -0.2) is 30.7 Å². The van der Waals surface area contributed by atoms with Gasteiger partial charge in [-0.15, -0.1) is 22.7 Å². The Morgan fingerprint density at radius 2 is 1.73 bits per heavy atom. The molecule has 204 valence electrons.